The zero-order valence-corrected chi connectivity index (χ0v) is 8.20. The van der Waals surface area contributed by atoms with E-state index in [1.54, 1.807) is 18.2 Å². The molecule has 15 heavy (non-hydrogen) atoms. The van der Waals surface area contributed by atoms with Crippen LogP contribution in [0.1, 0.15) is 11.3 Å². The van der Waals surface area contributed by atoms with E-state index in [9.17, 15) is 4.39 Å². The van der Waals surface area contributed by atoms with E-state index in [1.165, 1.54) is 6.07 Å². The summed E-state index contributed by atoms with van der Waals surface area (Å²) in [4.78, 5) is 0. The summed E-state index contributed by atoms with van der Waals surface area (Å²) in [6.07, 6.45) is 1.36. The molecule has 0 aliphatic rings. The van der Waals surface area contributed by atoms with Crippen LogP contribution in [-0.4, -0.2) is 10.2 Å². The number of benzene rings is 1. The van der Waals surface area contributed by atoms with E-state index in [-0.39, 0.29) is 5.82 Å². The van der Waals surface area contributed by atoms with Gasteiger partial charge in [0.1, 0.15) is 11.6 Å². The summed E-state index contributed by atoms with van der Waals surface area (Å²) >= 11 is 0. The number of H-pyrrole nitrogens is 1. The number of aromatic nitrogens is 2. The topological polar surface area (TPSA) is 54.7 Å². The van der Waals surface area contributed by atoms with Gasteiger partial charge in [-0.15, -0.1) is 0 Å². The first-order chi connectivity index (χ1) is 7.25. The predicted molar refractivity (Wildman–Crippen MR) is 56.8 cm³/mol. The monoisotopic (exact) mass is 205 g/mol. The molecule has 0 fully saturated rings. The summed E-state index contributed by atoms with van der Waals surface area (Å²) in [5, 5.41) is 6.61. The van der Waals surface area contributed by atoms with Gasteiger partial charge in [0.2, 0.25) is 0 Å². The van der Waals surface area contributed by atoms with Gasteiger partial charge in [0, 0.05) is 11.8 Å². The molecule has 0 radical (unpaired) electrons. The maximum absolute atomic E-state index is 13.2. The molecule has 3 N–H and O–H groups in total. The lowest BCUT2D eigenvalue weighted by Gasteiger charge is -2.00. The van der Waals surface area contributed by atoms with Crippen molar-refractivity contribution in [3.05, 3.63) is 47.4 Å². The van der Waals surface area contributed by atoms with Crippen LogP contribution in [0.3, 0.4) is 0 Å². The fourth-order valence-corrected chi connectivity index (χ4v) is 1.48. The van der Waals surface area contributed by atoms with Crippen LogP contribution in [0.4, 0.5) is 10.2 Å². The Balaban J connectivity index is 2.02. The summed E-state index contributed by atoms with van der Waals surface area (Å²) in [7, 11) is 0. The summed E-state index contributed by atoms with van der Waals surface area (Å²) in [6.45, 7) is 0. The van der Waals surface area contributed by atoms with Crippen LogP contribution in [0, 0.1) is 5.82 Å². The minimum atomic E-state index is -0.162. The fraction of sp³-hybridized carbons (Fsp3) is 0.182. The first kappa shape index (κ1) is 9.71. The third-order valence-electron chi connectivity index (χ3n) is 2.27. The van der Waals surface area contributed by atoms with Gasteiger partial charge in [0.05, 0.1) is 0 Å². The smallest absolute Gasteiger partial charge is 0.145 e. The van der Waals surface area contributed by atoms with Crippen LogP contribution >= 0.6 is 0 Å². The minimum absolute atomic E-state index is 0.162. The summed E-state index contributed by atoms with van der Waals surface area (Å²) in [5.74, 6) is 0.309. The Morgan fingerprint density at radius 1 is 1.27 bits per heavy atom. The van der Waals surface area contributed by atoms with Crippen LogP contribution in [-0.2, 0) is 12.8 Å². The molecule has 0 saturated carbocycles. The standard InChI is InChI=1S/C11H12FN3/c12-10-4-2-1-3-8(10)5-6-9-7-11(13)15-14-9/h1-4,7H,5-6H2,(H3,13,14,15). The summed E-state index contributed by atoms with van der Waals surface area (Å²) < 4.78 is 13.2. The molecule has 1 aromatic heterocycles. The Hall–Kier alpha value is -1.84. The molecule has 3 nitrogen and oxygen atoms in total. The lowest BCUT2D eigenvalue weighted by Crippen LogP contribution is -1.94. The highest BCUT2D eigenvalue weighted by Crippen LogP contribution is 2.10. The van der Waals surface area contributed by atoms with Crippen molar-refractivity contribution in [2.75, 3.05) is 5.73 Å². The van der Waals surface area contributed by atoms with Crippen molar-refractivity contribution in [1.29, 1.82) is 0 Å². The van der Waals surface area contributed by atoms with Crippen LogP contribution in [0.25, 0.3) is 0 Å². The number of nitrogens with zero attached hydrogens (tertiary/aromatic N) is 1. The van der Waals surface area contributed by atoms with E-state index in [1.807, 2.05) is 6.07 Å². The van der Waals surface area contributed by atoms with E-state index in [0.29, 0.717) is 24.2 Å². The molecule has 0 aliphatic heterocycles. The van der Waals surface area contributed by atoms with Gasteiger partial charge in [-0.05, 0) is 24.5 Å². The molecule has 1 aromatic carbocycles. The zero-order valence-electron chi connectivity index (χ0n) is 8.20. The van der Waals surface area contributed by atoms with Crippen molar-refractivity contribution >= 4 is 5.82 Å². The predicted octanol–water partition coefficient (Wildman–Crippen LogP) is 1.92. The third kappa shape index (κ3) is 2.34. The van der Waals surface area contributed by atoms with E-state index >= 15 is 0 Å². The number of aryl methyl sites for hydroxylation is 2. The Bertz CT molecular complexity index is 451. The number of halogens is 1. The first-order valence-corrected chi connectivity index (χ1v) is 4.79. The number of nitrogens with one attached hydrogen (secondary N) is 1. The molecule has 0 amide bonds. The fourth-order valence-electron chi connectivity index (χ4n) is 1.48. The first-order valence-electron chi connectivity index (χ1n) is 4.79. The molecule has 0 spiro atoms. The Kier molecular flexibility index (Phi) is 2.67. The summed E-state index contributed by atoms with van der Waals surface area (Å²) in [6, 6.07) is 8.54. The molecular formula is C11H12FN3. The number of nitrogen functional groups attached to an aromatic ring is 1. The zero-order chi connectivity index (χ0) is 10.7. The van der Waals surface area contributed by atoms with E-state index in [4.69, 9.17) is 5.73 Å². The number of anilines is 1. The molecule has 2 aromatic rings. The van der Waals surface area contributed by atoms with Crippen LogP contribution < -0.4 is 5.73 Å². The van der Waals surface area contributed by atoms with Crippen molar-refractivity contribution in [3.63, 3.8) is 0 Å². The van der Waals surface area contributed by atoms with Crippen molar-refractivity contribution in [2.24, 2.45) is 0 Å². The Morgan fingerprint density at radius 3 is 2.73 bits per heavy atom. The minimum Gasteiger partial charge on any atom is -0.382 e. The molecule has 0 atom stereocenters. The highest BCUT2D eigenvalue weighted by molar-refractivity contribution is 5.29. The molecular weight excluding hydrogens is 193 g/mol. The largest absolute Gasteiger partial charge is 0.382 e. The second kappa shape index (κ2) is 4.13. The average Bonchev–Trinajstić information content (AvgIpc) is 2.63. The lowest BCUT2D eigenvalue weighted by atomic mass is 10.1. The number of hydrogen-bond donors (Lipinski definition) is 2. The van der Waals surface area contributed by atoms with E-state index < -0.39 is 0 Å². The van der Waals surface area contributed by atoms with E-state index in [0.717, 1.165) is 5.69 Å². The molecule has 1 heterocycles. The van der Waals surface area contributed by atoms with Gasteiger partial charge in [-0.3, -0.25) is 5.10 Å². The molecule has 4 heteroatoms. The van der Waals surface area contributed by atoms with Gasteiger partial charge in [-0.2, -0.15) is 5.10 Å². The maximum atomic E-state index is 13.2. The highest BCUT2D eigenvalue weighted by Gasteiger charge is 2.02. The normalized spacial score (nSPS) is 10.5. The van der Waals surface area contributed by atoms with Crippen molar-refractivity contribution in [2.45, 2.75) is 12.8 Å². The van der Waals surface area contributed by atoms with Crippen molar-refractivity contribution in [1.82, 2.24) is 10.2 Å². The third-order valence-corrected chi connectivity index (χ3v) is 2.27. The number of aromatic amines is 1. The second-order valence-electron chi connectivity index (χ2n) is 3.41. The van der Waals surface area contributed by atoms with Crippen molar-refractivity contribution in [3.8, 4) is 0 Å². The van der Waals surface area contributed by atoms with Gasteiger partial charge in [-0.25, -0.2) is 4.39 Å². The van der Waals surface area contributed by atoms with Gasteiger partial charge < -0.3 is 5.73 Å². The second-order valence-corrected chi connectivity index (χ2v) is 3.41. The Morgan fingerprint density at radius 2 is 2.07 bits per heavy atom. The SMILES string of the molecule is Nc1cc(CCc2ccccc2F)[nH]n1. The van der Waals surface area contributed by atoms with Gasteiger partial charge in [-0.1, -0.05) is 18.2 Å². The van der Waals surface area contributed by atoms with Gasteiger partial charge in [0.25, 0.3) is 0 Å². The maximum Gasteiger partial charge on any atom is 0.145 e. The molecule has 2 rings (SSSR count). The molecule has 78 valence electrons. The van der Waals surface area contributed by atoms with Crippen LogP contribution in [0.5, 0.6) is 0 Å². The highest BCUT2D eigenvalue weighted by atomic mass is 19.1. The van der Waals surface area contributed by atoms with Gasteiger partial charge >= 0.3 is 0 Å². The molecule has 0 unspecified atom stereocenters. The van der Waals surface area contributed by atoms with Crippen LogP contribution in [0.2, 0.25) is 0 Å². The summed E-state index contributed by atoms with van der Waals surface area (Å²) in [5.41, 5.74) is 7.10. The average molecular weight is 205 g/mol. The number of rotatable bonds is 3. The number of hydrogen-bond acceptors (Lipinski definition) is 2. The molecule has 0 bridgehead atoms. The Labute approximate surface area is 87.1 Å². The molecule has 0 saturated heterocycles. The quantitative estimate of drug-likeness (QED) is 0.804. The molecule has 0 aliphatic carbocycles. The number of nitrogens with two attached hydrogens (primary N) is 1. The van der Waals surface area contributed by atoms with Gasteiger partial charge in [0.15, 0.2) is 0 Å². The lowest BCUT2D eigenvalue weighted by molar-refractivity contribution is 0.608. The van der Waals surface area contributed by atoms with Crippen LogP contribution in [0.15, 0.2) is 30.3 Å². The van der Waals surface area contributed by atoms with Crippen molar-refractivity contribution < 1.29 is 4.39 Å². The van der Waals surface area contributed by atoms with E-state index in [2.05, 4.69) is 10.2 Å².